The van der Waals surface area contributed by atoms with E-state index < -0.39 is 17.4 Å². The van der Waals surface area contributed by atoms with Crippen LogP contribution >= 0.6 is 11.8 Å². The Kier molecular flexibility index (Phi) is 6.17. The van der Waals surface area contributed by atoms with Crippen molar-refractivity contribution in [3.63, 3.8) is 0 Å². The number of aliphatic carboxylic acids is 1. The van der Waals surface area contributed by atoms with Crippen LogP contribution in [0, 0.1) is 5.41 Å². The van der Waals surface area contributed by atoms with Crippen LogP contribution in [0.25, 0.3) is 0 Å². The molecule has 0 aliphatic heterocycles. The van der Waals surface area contributed by atoms with Crippen molar-refractivity contribution in [2.45, 2.75) is 63.8 Å². The second-order valence-electron chi connectivity index (χ2n) is 6.48. The van der Waals surface area contributed by atoms with Gasteiger partial charge in [0.25, 0.3) is 0 Å². The summed E-state index contributed by atoms with van der Waals surface area (Å²) in [6, 6.07) is -1.11. The summed E-state index contributed by atoms with van der Waals surface area (Å²) in [5.41, 5.74) is -0.516. The molecular formula is C14H26N2O3S. The summed E-state index contributed by atoms with van der Waals surface area (Å²) in [6.07, 6.45) is 6.32. The molecule has 3 atom stereocenters. The predicted octanol–water partition coefficient (Wildman–Crippen LogP) is 2.46. The first kappa shape index (κ1) is 17.1. The SMILES string of the molecule is CSC1CCCC(NC(=O)NC(C(=O)O)C(C)(C)C)C1. The minimum Gasteiger partial charge on any atom is -0.480 e. The largest absolute Gasteiger partial charge is 0.480 e. The molecule has 0 saturated heterocycles. The van der Waals surface area contributed by atoms with Gasteiger partial charge in [0.15, 0.2) is 0 Å². The van der Waals surface area contributed by atoms with Crippen molar-refractivity contribution >= 4 is 23.8 Å². The highest BCUT2D eigenvalue weighted by molar-refractivity contribution is 7.99. The number of hydrogen-bond donors (Lipinski definition) is 3. The summed E-state index contributed by atoms with van der Waals surface area (Å²) >= 11 is 1.83. The number of carboxylic acids is 1. The van der Waals surface area contributed by atoms with Crippen LogP contribution < -0.4 is 10.6 Å². The van der Waals surface area contributed by atoms with Crippen LogP contribution in [0.5, 0.6) is 0 Å². The molecule has 0 radical (unpaired) electrons. The van der Waals surface area contributed by atoms with Gasteiger partial charge in [0.1, 0.15) is 6.04 Å². The molecule has 3 N–H and O–H groups in total. The molecule has 0 heterocycles. The van der Waals surface area contributed by atoms with Gasteiger partial charge < -0.3 is 15.7 Å². The Morgan fingerprint density at radius 1 is 1.30 bits per heavy atom. The smallest absolute Gasteiger partial charge is 0.326 e. The van der Waals surface area contributed by atoms with Crippen molar-refractivity contribution < 1.29 is 14.7 Å². The third-order valence-corrected chi connectivity index (χ3v) is 4.78. The Hall–Kier alpha value is -0.910. The lowest BCUT2D eigenvalue weighted by Gasteiger charge is -2.31. The molecule has 1 aliphatic rings. The first-order chi connectivity index (χ1) is 9.24. The number of carboxylic acid groups (broad SMARTS) is 1. The molecule has 0 aromatic rings. The molecule has 3 unspecified atom stereocenters. The number of thioether (sulfide) groups is 1. The van der Waals surface area contributed by atoms with E-state index in [4.69, 9.17) is 0 Å². The highest BCUT2D eigenvalue weighted by atomic mass is 32.2. The third-order valence-electron chi connectivity index (χ3n) is 3.68. The zero-order chi connectivity index (χ0) is 15.3. The van der Waals surface area contributed by atoms with Gasteiger partial charge in [-0.1, -0.05) is 27.2 Å². The van der Waals surface area contributed by atoms with Crippen LogP contribution in [0.4, 0.5) is 4.79 Å². The molecule has 1 saturated carbocycles. The number of amides is 2. The Balaban J connectivity index is 2.52. The van der Waals surface area contributed by atoms with Crippen molar-refractivity contribution in [2.75, 3.05) is 6.26 Å². The molecule has 1 rings (SSSR count). The molecule has 0 aromatic carbocycles. The highest BCUT2D eigenvalue weighted by Crippen LogP contribution is 2.27. The number of carbonyl (C=O) groups is 2. The van der Waals surface area contributed by atoms with Gasteiger partial charge in [0.05, 0.1) is 0 Å². The fourth-order valence-electron chi connectivity index (χ4n) is 2.50. The molecule has 1 aliphatic carbocycles. The van der Waals surface area contributed by atoms with E-state index in [0.717, 1.165) is 19.3 Å². The molecule has 1 fully saturated rings. The highest BCUT2D eigenvalue weighted by Gasteiger charge is 2.33. The topological polar surface area (TPSA) is 78.4 Å². The predicted molar refractivity (Wildman–Crippen MR) is 82.1 cm³/mol. The Bertz CT molecular complexity index is 355. The van der Waals surface area contributed by atoms with Gasteiger partial charge in [-0.15, -0.1) is 0 Å². The minimum atomic E-state index is -1.00. The maximum Gasteiger partial charge on any atom is 0.326 e. The molecule has 5 nitrogen and oxygen atoms in total. The van der Waals surface area contributed by atoms with E-state index >= 15 is 0 Å². The van der Waals surface area contributed by atoms with E-state index in [9.17, 15) is 14.7 Å². The van der Waals surface area contributed by atoms with Gasteiger partial charge in [-0.25, -0.2) is 9.59 Å². The molecule has 0 aromatic heterocycles. The number of hydrogen-bond acceptors (Lipinski definition) is 3. The van der Waals surface area contributed by atoms with Gasteiger partial charge in [-0.2, -0.15) is 11.8 Å². The van der Waals surface area contributed by atoms with E-state index in [1.54, 1.807) is 20.8 Å². The summed E-state index contributed by atoms with van der Waals surface area (Å²) in [7, 11) is 0. The Labute approximate surface area is 125 Å². The summed E-state index contributed by atoms with van der Waals surface area (Å²) < 4.78 is 0. The van der Waals surface area contributed by atoms with Gasteiger partial charge in [-0.05, 0) is 30.9 Å². The lowest BCUT2D eigenvalue weighted by molar-refractivity contribution is -0.141. The second-order valence-corrected chi connectivity index (χ2v) is 7.61. The quantitative estimate of drug-likeness (QED) is 0.745. The summed E-state index contributed by atoms with van der Waals surface area (Å²) in [5, 5.41) is 15.3. The van der Waals surface area contributed by atoms with Gasteiger partial charge >= 0.3 is 12.0 Å². The van der Waals surface area contributed by atoms with Crippen LogP contribution in [0.15, 0.2) is 0 Å². The maximum absolute atomic E-state index is 12.0. The van der Waals surface area contributed by atoms with E-state index in [1.165, 1.54) is 6.42 Å². The number of urea groups is 1. The van der Waals surface area contributed by atoms with Crippen LogP contribution in [0.3, 0.4) is 0 Å². The van der Waals surface area contributed by atoms with Crippen LogP contribution in [-0.4, -0.2) is 40.7 Å². The number of rotatable bonds is 4. The molecule has 6 heteroatoms. The van der Waals surface area contributed by atoms with Gasteiger partial charge in [0, 0.05) is 11.3 Å². The average Bonchev–Trinajstić information content (AvgIpc) is 2.34. The van der Waals surface area contributed by atoms with E-state index in [-0.39, 0.29) is 12.1 Å². The van der Waals surface area contributed by atoms with E-state index in [2.05, 4.69) is 16.9 Å². The Morgan fingerprint density at radius 3 is 2.45 bits per heavy atom. The zero-order valence-electron chi connectivity index (χ0n) is 12.7. The lowest BCUT2D eigenvalue weighted by Crippen LogP contribution is -2.54. The average molecular weight is 302 g/mol. The fraction of sp³-hybridized carbons (Fsp3) is 0.857. The summed E-state index contributed by atoms with van der Waals surface area (Å²) in [5.74, 6) is -1.00. The molecular weight excluding hydrogens is 276 g/mol. The zero-order valence-corrected chi connectivity index (χ0v) is 13.5. The Morgan fingerprint density at radius 2 is 1.95 bits per heavy atom. The molecule has 0 bridgehead atoms. The van der Waals surface area contributed by atoms with Crippen molar-refractivity contribution in [2.24, 2.45) is 5.41 Å². The van der Waals surface area contributed by atoms with Gasteiger partial charge in [0.2, 0.25) is 0 Å². The minimum absolute atomic E-state index is 0.149. The van der Waals surface area contributed by atoms with Gasteiger partial charge in [-0.3, -0.25) is 0 Å². The van der Waals surface area contributed by atoms with E-state index in [1.807, 2.05) is 11.8 Å². The monoisotopic (exact) mass is 302 g/mol. The molecule has 20 heavy (non-hydrogen) atoms. The third kappa shape index (κ3) is 5.23. The first-order valence-corrected chi connectivity index (χ1v) is 8.35. The summed E-state index contributed by atoms with van der Waals surface area (Å²) in [6.45, 7) is 5.41. The molecule has 2 amide bonds. The molecule has 116 valence electrons. The number of carbonyl (C=O) groups excluding carboxylic acids is 1. The van der Waals surface area contributed by atoms with Crippen LogP contribution in [-0.2, 0) is 4.79 Å². The van der Waals surface area contributed by atoms with E-state index in [0.29, 0.717) is 5.25 Å². The second kappa shape index (κ2) is 7.20. The number of nitrogens with one attached hydrogen (secondary N) is 2. The van der Waals surface area contributed by atoms with Crippen LogP contribution in [0.2, 0.25) is 0 Å². The van der Waals surface area contributed by atoms with Crippen molar-refractivity contribution in [3.05, 3.63) is 0 Å². The maximum atomic E-state index is 12.0. The molecule has 0 spiro atoms. The van der Waals surface area contributed by atoms with Crippen molar-refractivity contribution in [1.82, 2.24) is 10.6 Å². The van der Waals surface area contributed by atoms with Crippen LogP contribution in [0.1, 0.15) is 46.5 Å². The fourth-order valence-corrected chi connectivity index (χ4v) is 3.32. The van der Waals surface area contributed by atoms with Crippen molar-refractivity contribution in [3.8, 4) is 0 Å². The first-order valence-electron chi connectivity index (χ1n) is 7.06. The van der Waals surface area contributed by atoms with Crippen molar-refractivity contribution in [1.29, 1.82) is 0 Å². The normalized spacial score (nSPS) is 24.8. The standard InChI is InChI=1S/C14H26N2O3S/c1-14(2,3)11(12(17)18)16-13(19)15-9-6-5-7-10(8-9)20-4/h9-11H,5-8H2,1-4H3,(H,17,18)(H2,15,16,19). The summed E-state index contributed by atoms with van der Waals surface area (Å²) in [4.78, 5) is 23.2. The lowest BCUT2D eigenvalue weighted by atomic mass is 9.87.